The summed E-state index contributed by atoms with van der Waals surface area (Å²) in [7, 11) is 1.72. The first-order valence-corrected chi connectivity index (χ1v) is 7.03. The SMILES string of the molecule is COc1ccc(C(C)(C)CNCCS)c(C)c1C. The lowest BCUT2D eigenvalue weighted by molar-refractivity contribution is 0.409. The average Bonchev–Trinajstić information content (AvgIpc) is 2.32. The molecule has 0 aliphatic rings. The summed E-state index contributed by atoms with van der Waals surface area (Å²) in [6, 6.07) is 4.25. The van der Waals surface area contributed by atoms with E-state index in [1.54, 1.807) is 7.11 Å². The molecule has 0 spiro atoms. The molecule has 0 atom stereocenters. The molecule has 102 valence electrons. The molecule has 0 saturated carbocycles. The molecule has 1 N–H and O–H groups in total. The van der Waals surface area contributed by atoms with Gasteiger partial charge in [0.1, 0.15) is 5.75 Å². The summed E-state index contributed by atoms with van der Waals surface area (Å²) in [5, 5.41) is 3.44. The number of benzene rings is 1. The van der Waals surface area contributed by atoms with Gasteiger partial charge in [0.05, 0.1) is 7.11 Å². The standard InChI is InChI=1S/C15H25NOS/c1-11-12(2)14(17-5)7-6-13(11)15(3,4)10-16-8-9-18/h6-7,16,18H,8-10H2,1-5H3. The highest BCUT2D eigenvalue weighted by molar-refractivity contribution is 7.80. The summed E-state index contributed by atoms with van der Waals surface area (Å²) in [5.41, 5.74) is 4.06. The predicted molar refractivity (Wildman–Crippen MR) is 82.2 cm³/mol. The van der Waals surface area contributed by atoms with E-state index >= 15 is 0 Å². The lowest BCUT2D eigenvalue weighted by Gasteiger charge is -2.29. The van der Waals surface area contributed by atoms with Gasteiger partial charge in [0.25, 0.3) is 0 Å². The van der Waals surface area contributed by atoms with Crippen LogP contribution in [0.1, 0.15) is 30.5 Å². The van der Waals surface area contributed by atoms with Crippen molar-refractivity contribution in [3.05, 3.63) is 28.8 Å². The topological polar surface area (TPSA) is 21.3 Å². The Morgan fingerprint density at radius 3 is 2.44 bits per heavy atom. The molecule has 1 aromatic carbocycles. The maximum absolute atomic E-state index is 5.37. The van der Waals surface area contributed by atoms with Gasteiger partial charge in [-0.25, -0.2) is 0 Å². The van der Waals surface area contributed by atoms with Crippen LogP contribution in [0.2, 0.25) is 0 Å². The van der Waals surface area contributed by atoms with E-state index in [9.17, 15) is 0 Å². The second-order valence-corrected chi connectivity index (χ2v) is 5.80. The molecule has 0 heterocycles. The van der Waals surface area contributed by atoms with Gasteiger partial charge in [-0.05, 0) is 36.6 Å². The van der Waals surface area contributed by atoms with E-state index in [-0.39, 0.29) is 5.41 Å². The zero-order valence-electron chi connectivity index (χ0n) is 12.1. The second-order valence-electron chi connectivity index (χ2n) is 5.35. The summed E-state index contributed by atoms with van der Waals surface area (Å²) in [4.78, 5) is 0. The van der Waals surface area contributed by atoms with Gasteiger partial charge in [0.2, 0.25) is 0 Å². The second kappa shape index (κ2) is 6.48. The van der Waals surface area contributed by atoms with Crippen molar-refractivity contribution in [3.63, 3.8) is 0 Å². The minimum Gasteiger partial charge on any atom is -0.496 e. The number of methoxy groups -OCH3 is 1. The minimum absolute atomic E-state index is 0.115. The van der Waals surface area contributed by atoms with E-state index < -0.39 is 0 Å². The smallest absolute Gasteiger partial charge is 0.122 e. The largest absolute Gasteiger partial charge is 0.496 e. The van der Waals surface area contributed by atoms with Crippen molar-refractivity contribution in [2.24, 2.45) is 0 Å². The summed E-state index contributed by atoms with van der Waals surface area (Å²) >= 11 is 4.22. The zero-order chi connectivity index (χ0) is 13.8. The Morgan fingerprint density at radius 1 is 1.22 bits per heavy atom. The first-order chi connectivity index (χ1) is 8.44. The molecular formula is C15H25NOS. The maximum Gasteiger partial charge on any atom is 0.122 e. The summed E-state index contributed by atoms with van der Waals surface area (Å²) < 4.78 is 5.37. The van der Waals surface area contributed by atoms with Crippen LogP contribution in [-0.4, -0.2) is 26.0 Å². The molecule has 0 radical (unpaired) electrons. The number of nitrogens with one attached hydrogen (secondary N) is 1. The third-order valence-corrected chi connectivity index (χ3v) is 3.77. The highest BCUT2D eigenvalue weighted by Crippen LogP contribution is 2.31. The molecule has 0 aliphatic carbocycles. The van der Waals surface area contributed by atoms with Crippen molar-refractivity contribution >= 4 is 12.6 Å². The van der Waals surface area contributed by atoms with Gasteiger partial charge in [-0.15, -0.1) is 0 Å². The molecule has 1 rings (SSSR count). The van der Waals surface area contributed by atoms with Crippen LogP contribution >= 0.6 is 12.6 Å². The average molecular weight is 267 g/mol. The molecule has 18 heavy (non-hydrogen) atoms. The normalized spacial score (nSPS) is 11.7. The maximum atomic E-state index is 5.37. The monoisotopic (exact) mass is 267 g/mol. The van der Waals surface area contributed by atoms with Crippen LogP contribution < -0.4 is 10.1 Å². The molecule has 0 saturated heterocycles. The molecular weight excluding hydrogens is 242 g/mol. The third-order valence-electron chi connectivity index (χ3n) is 3.54. The third kappa shape index (κ3) is 3.42. The van der Waals surface area contributed by atoms with E-state index in [4.69, 9.17) is 4.74 Å². The molecule has 3 heteroatoms. The number of thiol groups is 1. The molecule has 0 fully saturated rings. The van der Waals surface area contributed by atoms with Gasteiger partial charge in [-0.1, -0.05) is 19.9 Å². The van der Waals surface area contributed by atoms with Crippen molar-refractivity contribution < 1.29 is 4.74 Å². The minimum atomic E-state index is 0.115. The lowest BCUT2D eigenvalue weighted by Crippen LogP contribution is -2.34. The Bertz CT molecular complexity index is 402. The Hall–Kier alpha value is -0.670. The first kappa shape index (κ1) is 15.4. The van der Waals surface area contributed by atoms with Gasteiger partial charge in [-0.2, -0.15) is 12.6 Å². The Labute approximate surface area is 117 Å². The van der Waals surface area contributed by atoms with Crippen LogP contribution in [0.5, 0.6) is 5.75 Å². The Morgan fingerprint density at radius 2 is 1.89 bits per heavy atom. The summed E-state index contributed by atoms with van der Waals surface area (Å²) in [6.45, 7) is 10.7. The number of hydrogen-bond donors (Lipinski definition) is 2. The predicted octanol–water partition coefficient (Wildman–Crippen LogP) is 3.11. The van der Waals surface area contributed by atoms with Crippen molar-refractivity contribution in [2.45, 2.75) is 33.1 Å². The van der Waals surface area contributed by atoms with Crippen molar-refractivity contribution in [1.82, 2.24) is 5.32 Å². The lowest BCUT2D eigenvalue weighted by atomic mass is 9.80. The van der Waals surface area contributed by atoms with Crippen LogP contribution in [0, 0.1) is 13.8 Å². The van der Waals surface area contributed by atoms with E-state index in [0.29, 0.717) is 0 Å². The van der Waals surface area contributed by atoms with Crippen LogP contribution in [-0.2, 0) is 5.41 Å². The fraction of sp³-hybridized carbons (Fsp3) is 0.600. The summed E-state index contributed by atoms with van der Waals surface area (Å²) in [5.74, 6) is 1.84. The molecule has 0 bridgehead atoms. The van der Waals surface area contributed by atoms with Crippen molar-refractivity contribution in [1.29, 1.82) is 0 Å². The fourth-order valence-electron chi connectivity index (χ4n) is 2.33. The van der Waals surface area contributed by atoms with Crippen LogP contribution in [0.25, 0.3) is 0 Å². The van der Waals surface area contributed by atoms with Crippen LogP contribution in [0.4, 0.5) is 0 Å². The van der Waals surface area contributed by atoms with Gasteiger partial charge >= 0.3 is 0 Å². The molecule has 0 amide bonds. The van der Waals surface area contributed by atoms with Gasteiger partial charge in [0, 0.05) is 24.3 Å². The number of rotatable bonds is 6. The van der Waals surface area contributed by atoms with E-state index in [1.165, 1.54) is 16.7 Å². The van der Waals surface area contributed by atoms with E-state index in [1.807, 2.05) is 0 Å². The van der Waals surface area contributed by atoms with E-state index in [0.717, 1.165) is 24.6 Å². The number of ether oxygens (including phenoxy) is 1. The van der Waals surface area contributed by atoms with E-state index in [2.05, 4.69) is 57.8 Å². The van der Waals surface area contributed by atoms with Gasteiger partial charge in [0.15, 0.2) is 0 Å². The van der Waals surface area contributed by atoms with Crippen LogP contribution in [0.15, 0.2) is 12.1 Å². The quantitative estimate of drug-likeness (QED) is 0.610. The van der Waals surface area contributed by atoms with Crippen molar-refractivity contribution in [2.75, 3.05) is 26.0 Å². The van der Waals surface area contributed by atoms with Gasteiger partial charge < -0.3 is 10.1 Å². The highest BCUT2D eigenvalue weighted by atomic mass is 32.1. The molecule has 0 aliphatic heterocycles. The molecule has 1 aromatic rings. The Balaban J connectivity index is 2.98. The van der Waals surface area contributed by atoms with Crippen LogP contribution in [0.3, 0.4) is 0 Å². The number of hydrogen-bond acceptors (Lipinski definition) is 3. The summed E-state index contributed by atoms with van der Waals surface area (Å²) in [6.07, 6.45) is 0. The molecule has 2 nitrogen and oxygen atoms in total. The zero-order valence-corrected chi connectivity index (χ0v) is 13.0. The Kier molecular flexibility index (Phi) is 5.54. The van der Waals surface area contributed by atoms with Crippen molar-refractivity contribution in [3.8, 4) is 5.75 Å². The highest BCUT2D eigenvalue weighted by Gasteiger charge is 2.23. The first-order valence-electron chi connectivity index (χ1n) is 6.40. The van der Waals surface area contributed by atoms with Gasteiger partial charge in [-0.3, -0.25) is 0 Å². The molecule has 0 unspecified atom stereocenters. The molecule has 0 aromatic heterocycles. The fourth-order valence-corrected chi connectivity index (χ4v) is 2.48.